The second-order valence-corrected chi connectivity index (χ2v) is 7.33. The fourth-order valence-electron chi connectivity index (χ4n) is 3.33. The van der Waals surface area contributed by atoms with Crippen LogP contribution in [0.2, 0.25) is 0 Å². The summed E-state index contributed by atoms with van der Waals surface area (Å²) in [6.07, 6.45) is 2.14. The molecule has 0 aliphatic carbocycles. The number of nitrogens with one attached hydrogen (secondary N) is 1. The third-order valence-electron chi connectivity index (χ3n) is 5.16. The minimum atomic E-state index is -0.0618. The van der Waals surface area contributed by atoms with Gasteiger partial charge in [-0.1, -0.05) is 31.5 Å². The van der Waals surface area contributed by atoms with Gasteiger partial charge in [-0.15, -0.1) is 0 Å². The van der Waals surface area contributed by atoms with E-state index in [1.807, 2.05) is 30.3 Å². The summed E-state index contributed by atoms with van der Waals surface area (Å²) >= 11 is 0. The van der Waals surface area contributed by atoms with E-state index in [1.165, 1.54) is 5.69 Å². The van der Waals surface area contributed by atoms with Gasteiger partial charge in [-0.3, -0.25) is 4.79 Å². The Labute approximate surface area is 168 Å². The summed E-state index contributed by atoms with van der Waals surface area (Å²) in [5.41, 5.74) is 3.02. The van der Waals surface area contributed by atoms with Crippen LogP contribution < -0.4 is 15.0 Å². The van der Waals surface area contributed by atoms with E-state index in [0.717, 1.165) is 50.3 Å². The van der Waals surface area contributed by atoms with Crippen molar-refractivity contribution in [3.05, 3.63) is 59.7 Å². The summed E-state index contributed by atoms with van der Waals surface area (Å²) in [6, 6.07) is 15.7. The SMILES string of the molecule is CCCCOc1ccc(C(=O)NCc2ccccc2N2CCN(C)CC2)cc1. The first kappa shape index (κ1) is 20.2. The van der Waals surface area contributed by atoms with Gasteiger partial charge in [0.05, 0.1) is 6.61 Å². The van der Waals surface area contributed by atoms with Crippen molar-refractivity contribution in [3.8, 4) is 5.75 Å². The molecule has 0 unspecified atom stereocenters. The second kappa shape index (κ2) is 10.1. The number of unbranched alkanes of at least 4 members (excludes halogenated alkanes) is 1. The highest BCUT2D eigenvalue weighted by atomic mass is 16.5. The van der Waals surface area contributed by atoms with Crippen LogP contribution in [0.25, 0.3) is 0 Å². The van der Waals surface area contributed by atoms with E-state index in [9.17, 15) is 4.79 Å². The van der Waals surface area contributed by atoms with Gasteiger partial charge in [0.2, 0.25) is 0 Å². The average Bonchev–Trinajstić information content (AvgIpc) is 2.73. The summed E-state index contributed by atoms with van der Waals surface area (Å²) in [4.78, 5) is 17.3. The van der Waals surface area contributed by atoms with Crippen LogP contribution in [0.1, 0.15) is 35.7 Å². The molecule has 1 heterocycles. The van der Waals surface area contributed by atoms with Crippen molar-refractivity contribution >= 4 is 11.6 Å². The number of para-hydroxylation sites is 1. The fraction of sp³-hybridized carbons (Fsp3) is 0.435. The zero-order valence-corrected chi connectivity index (χ0v) is 17.0. The van der Waals surface area contributed by atoms with Crippen molar-refractivity contribution in [3.63, 3.8) is 0 Å². The highest BCUT2D eigenvalue weighted by Crippen LogP contribution is 2.22. The lowest BCUT2D eigenvalue weighted by atomic mass is 10.1. The average molecular weight is 382 g/mol. The molecule has 0 saturated carbocycles. The first-order valence-corrected chi connectivity index (χ1v) is 10.2. The topological polar surface area (TPSA) is 44.8 Å². The lowest BCUT2D eigenvalue weighted by Gasteiger charge is -2.35. The Morgan fingerprint density at radius 1 is 1.04 bits per heavy atom. The molecule has 1 aliphatic rings. The Morgan fingerprint density at radius 3 is 2.46 bits per heavy atom. The number of piperazine rings is 1. The summed E-state index contributed by atoms with van der Waals surface area (Å²) in [7, 11) is 2.16. The lowest BCUT2D eigenvalue weighted by Crippen LogP contribution is -2.45. The first-order chi connectivity index (χ1) is 13.7. The zero-order chi connectivity index (χ0) is 19.8. The predicted octanol–water partition coefficient (Wildman–Crippen LogP) is 3.55. The molecular formula is C23H31N3O2. The van der Waals surface area contributed by atoms with Crippen LogP contribution in [-0.2, 0) is 6.54 Å². The second-order valence-electron chi connectivity index (χ2n) is 7.33. The molecule has 0 radical (unpaired) electrons. The Balaban J connectivity index is 1.57. The van der Waals surface area contributed by atoms with Crippen LogP contribution in [0.5, 0.6) is 5.75 Å². The van der Waals surface area contributed by atoms with Crippen LogP contribution in [0, 0.1) is 0 Å². The Bertz CT molecular complexity index is 753. The monoisotopic (exact) mass is 381 g/mol. The lowest BCUT2D eigenvalue weighted by molar-refractivity contribution is 0.0951. The maximum Gasteiger partial charge on any atom is 0.251 e. The molecule has 1 saturated heterocycles. The highest BCUT2D eigenvalue weighted by Gasteiger charge is 2.17. The molecule has 2 aromatic carbocycles. The third kappa shape index (κ3) is 5.49. The Morgan fingerprint density at radius 2 is 1.75 bits per heavy atom. The van der Waals surface area contributed by atoms with Crippen molar-refractivity contribution < 1.29 is 9.53 Å². The summed E-state index contributed by atoms with van der Waals surface area (Å²) in [6.45, 7) is 7.53. The van der Waals surface area contributed by atoms with Crippen LogP contribution in [0.4, 0.5) is 5.69 Å². The predicted molar refractivity (Wildman–Crippen MR) is 114 cm³/mol. The first-order valence-electron chi connectivity index (χ1n) is 10.2. The molecule has 150 valence electrons. The number of benzene rings is 2. The molecule has 2 aromatic rings. The molecule has 0 atom stereocenters. The van der Waals surface area contributed by atoms with Gasteiger partial charge in [0.1, 0.15) is 5.75 Å². The van der Waals surface area contributed by atoms with Crippen molar-refractivity contribution in [1.29, 1.82) is 0 Å². The minimum absolute atomic E-state index is 0.0618. The van der Waals surface area contributed by atoms with Gasteiger partial charge in [0, 0.05) is 44.0 Å². The van der Waals surface area contributed by atoms with Crippen molar-refractivity contribution in [2.24, 2.45) is 0 Å². The molecule has 5 heteroatoms. The molecule has 0 bridgehead atoms. The summed E-state index contributed by atoms with van der Waals surface area (Å²) < 4.78 is 5.66. The quantitative estimate of drug-likeness (QED) is 0.711. The van der Waals surface area contributed by atoms with Crippen LogP contribution in [0.3, 0.4) is 0 Å². The van der Waals surface area contributed by atoms with E-state index >= 15 is 0 Å². The van der Waals surface area contributed by atoms with Crippen LogP contribution in [-0.4, -0.2) is 50.6 Å². The number of carbonyl (C=O) groups is 1. The molecule has 0 spiro atoms. The van der Waals surface area contributed by atoms with Gasteiger partial charge in [0.15, 0.2) is 0 Å². The van der Waals surface area contributed by atoms with E-state index < -0.39 is 0 Å². The Hall–Kier alpha value is -2.53. The zero-order valence-electron chi connectivity index (χ0n) is 17.0. The minimum Gasteiger partial charge on any atom is -0.494 e. The molecule has 1 amide bonds. The standard InChI is InChI=1S/C23H31N3O2/c1-3-4-17-28-21-11-9-19(10-12-21)23(27)24-18-20-7-5-6-8-22(20)26-15-13-25(2)14-16-26/h5-12H,3-4,13-18H2,1-2H3,(H,24,27). The van der Waals surface area contributed by atoms with Gasteiger partial charge in [0.25, 0.3) is 5.91 Å². The highest BCUT2D eigenvalue weighted by molar-refractivity contribution is 5.94. The molecule has 1 fully saturated rings. The number of amides is 1. The number of nitrogens with zero attached hydrogens (tertiary/aromatic N) is 2. The van der Waals surface area contributed by atoms with E-state index in [0.29, 0.717) is 18.7 Å². The molecule has 5 nitrogen and oxygen atoms in total. The number of ether oxygens (including phenoxy) is 1. The number of likely N-dealkylation sites (N-methyl/N-ethyl adjacent to an activating group) is 1. The van der Waals surface area contributed by atoms with E-state index in [1.54, 1.807) is 0 Å². The third-order valence-corrected chi connectivity index (χ3v) is 5.16. The number of hydrogen-bond donors (Lipinski definition) is 1. The molecule has 1 N–H and O–H groups in total. The van der Waals surface area contributed by atoms with Gasteiger partial charge in [-0.2, -0.15) is 0 Å². The summed E-state index contributed by atoms with van der Waals surface area (Å²) in [5, 5.41) is 3.06. The maximum absolute atomic E-state index is 12.5. The van der Waals surface area contributed by atoms with E-state index in [4.69, 9.17) is 4.74 Å². The number of rotatable bonds is 8. The van der Waals surface area contributed by atoms with Crippen molar-refractivity contribution in [2.75, 3.05) is 44.7 Å². The Kier molecular flexibility index (Phi) is 7.31. The van der Waals surface area contributed by atoms with Gasteiger partial charge in [-0.05, 0) is 49.4 Å². The fourth-order valence-corrected chi connectivity index (χ4v) is 3.33. The normalized spacial score (nSPS) is 14.7. The maximum atomic E-state index is 12.5. The molecular weight excluding hydrogens is 350 g/mol. The molecule has 28 heavy (non-hydrogen) atoms. The van der Waals surface area contributed by atoms with E-state index in [2.05, 4.69) is 47.3 Å². The molecule has 1 aliphatic heterocycles. The summed E-state index contributed by atoms with van der Waals surface area (Å²) in [5.74, 6) is 0.749. The van der Waals surface area contributed by atoms with Crippen molar-refractivity contribution in [2.45, 2.75) is 26.3 Å². The van der Waals surface area contributed by atoms with Gasteiger partial charge < -0.3 is 19.9 Å². The van der Waals surface area contributed by atoms with Crippen LogP contribution >= 0.6 is 0 Å². The van der Waals surface area contributed by atoms with Crippen molar-refractivity contribution in [1.82, 2.24) is 10.2 Å². The number of hydrogen-bond acceptors (Lipinski definition) is 4. The van der Waals surface area contributed by atoms with Crippen LogP contribution in [0.15, 0.2) is 48.5 Å². The van der Waals surface area contributed by atoms with E-state index in [-0.39, 0.29) is 5.91 Å². The van der Waals surface area contributed by atoms with Gasteiger partial charge in [-0.25, -0.2) is 0 Å². The van der Waals surface area contributed by atoms with Gasteiger partial charge >= 0.3 is 0 Å². The largest absolute Gasteiger partial charge is 0.494 e. The molecule has 0 aromatic heterocycles. The molecule has 3 rings (SSSR count). The number of carbonyl (C=O) groups excluding carboxylic acids is 1. The smallest absolute Gasteiger partial charge is 0.251 e. The number of anilines is 1.